The van der Waals surface area contributed by atoms with E-state index in [-0.39, 0.29) is 0 Å². The molecule has 0 aromatic carbocycles. The van der Waals surface area contributed by atoms with Gasteiger partial charge in [0.25, 0.3) is 0 Å². The molecule has 3 fully saturated rings. The Morgan fingerprint density at radius 1 is 1.14 bits per heavy atom. The van der Waals surface area contributed by atoms with Crippen molar-refractivity contribution < 1.29 is 8.42 Å². The molecule has 0 amide bonds. The summed E-state index contributed by atoms with van der Waals surface area (Å²) in [6.07, 6.45) is 6.65. The third-order valence-electron chi connectivity index (χ3n) is 5.29. The van der Waals surface area contributed by atoms with E-state index in [9.17, 15) is 8.42 Å². The summed E-state index contributed by atoms with van der Waals surface area (Å²) in [5.41, 5.74) is 0. The average molecular weight is 315 g/mol. The zero-order chi connectivity index (χ0) is 14.9. The summed E-state index contributed by atoms with van der Waals surface area (Å²) >= 11 is 0. The number of sulfonamides is 1. The maximum absolute atomic E-state index is 12.5. The maximum Gasteiger partial charge on any atom is 0.214 e. The second-order valence-corrected chi connectivity index (χ2v) is 9.08. The molecule has 6 heteroatoms. The van der Waals surface area contributed by atoms with E-state index in [4.69, 9.17) is 0 Å². The van der Waals surface area contributed by atoms with Gasteiger partial charge in [0.05, 0.1) is 5.75 Å². The van der Waals surface area contributed by atoms with Crippen molar-refractivity contribution in [2.24, 2.45) is 5.92 Å². The van der Waals surface area contributed by atoms with Crippen molar-refractivity contribution in [1.29, 1.82) is 0 Å². The zero-order valence-corrected chi connectivity index (χ0v) is 13.9. The lowest BCUT2D eigenvalue weighted by Gasteiger charge is -2.45. The van der Waals surface area contributed by atoms with Crippen LogP contribution < -0.4 is 5.32 Å². The van der Waals surface area contributed by atoms with Gasteiger partial charge < -0.3 is 10.2 Å². The average Bonchev–Trinajstić information content (AvgIpc) is 3.28. The van der Waals surface area contributed by atoms with Gasteiger partial charge in [0, 0.05) is 25.2 Å². The molecule has 5 nitrogen and oxygen atoms in total. The van der Waals surface area contributed by atoms with Gasteiger partial charge in [-0.15, -0.1) is 0 Å². The van der Waals surface area contributed by atoms with Gasteiger partial charge in [0.2, 0.25) is 10.0 Å². The van der Waals surface area contributed by atoms with Crippen LogP contribution in [0.4, 0.5) is 0 Å². The monoisotopic (exact) mass is 315 g/mol. The van der Waals surface area contributed by atoms with Gasteiger partial charge in [0.1, 0.15) is 0 Å². The number of hydrogen-bond donors (Lipinski definition) is 1. The Bertz CT molecular complexity index is 450. The molecule has 0 bridgehead atoms. The predicted octanol–water partition coefficient (Wildman–Crippen LogP) is 0.874. The van der Waals surface area contributed by atoms with Crippen LogP contribution in [0.15, 0.2) is 0 Å². The molecule has 2 heterocycles. The molecule has 1 saturated carbocycles. The summed E-state index contributed by atoms with van der Waals surface area (Å²) in [7, 11) is -0.869. The maximum atomic E-state index is 12.5. The molecule has 2 unspecified atom stereocenters. The Morgan fingerprint density at radius 3 is 2.71 bits per heavy atom. The van der Waals surface area contributed by atoms with Crippen LogP contribution in [-0.4, -0.2) is 68.7 Å². The first-order valence-corrected chi connectivity index (χ1v) is 10.1. The minimum absolute atomic E-state index is 0.306. The molecular weight excluding hydrogens is 286 g/mol. The Morgan fingerprint density at radius 2 is 1.95 bits per heavy atom. The van der Waals surface area contributed by atoms with Gasteiger partial charge >= 0.3 is 0 Å². The first kappa shape index (κ1) is 15.7. The normalized spacial score (nSPS) is 32.0. The van der Waals surface area contributed by atoms with E-state index < -0.39 is 10.0 Å². The lowest BCUT2D eigenvalue weighted by atomic mass is 9.85. The molecule has 2 atom stereocenters. The van der Waals surface area contributed by atoms with Crippen molar-refractivity contribution in [1.82, 2.24) is 14.5 Å². The highest BCUT2D eigenvalue weighted by molar-refractivity contribution is 7.89. The molecule has 21 heavy (non-hydrogen) atoms. The van der Waals surface area contributed by atoms with Crippen LogP contribution in [0.25, 0.3) is 0 Å². The predicted molar refractivity (Wildman–Crippen MR) is 84.8 cm³/mol. The molecule has 3 aliphatic rings. The standard InChI is InChI=1S/C15H29N3O2S/c1-17-9-2-4-13-12-18(10-7-15(13)17)21(19,20)11-3-8-16-14-5-6-14/h13-16H,2-12H2,1H3. The summed E-state index contributed by atoms with van der Waals surface area (Å²) in [5.74, 6) is 0.844. The molecule has 0 radical (unpaired) electrons. The van der Waals surface area contributed by atoms with Crippen molar-refractivity contribution >= 4 is 10.0 Å². The second kappa shape index (κ2) is 6.52. The van der Waals surface area contributed by atoms with Gasteiger partial charge in [0.15, 0.2) is 0 Å². The molecule has 2 saturated heterocycles. The number of nitrogens with one attached hydrogen (secondary N) is 1. The van der Waals surface area contributed by atoms with E-state index >= 15 is 0 Å². The molecule has 1 aliphatic carbocycles. The van der Waals surface area contributed by atoms with Crippen molar-refractivity contribution in [3.05, 3.63) is 0 Å². The molecule has 0 spiro atoms. The summed E-state index contributed by atoms with van der Waals surface area (Å²) < 4.78 is 26.7. The minimum Gasteiger partial charge on any atom is -0.314 e. The molecular formula is C15H29N3O2S. The van der Waals surface area contributed by atoms with E-state index in [1.807, 2.05) is 0 Å². The van der Waals surface area contributed by atoms with E-state index in [1.54, 1.807) is 4.31 Å². The lowest BCUT2D eigenvalue weighted by molar-refractivity contribution is 0.0671. The SMILES string of the molecule is CN1CCCC2CN(S(=O)(=O)CCCNC3CC3)CCC21. The topological polar surface area (TPSA) is 52.7 Å². The van der Waals surface area contributed by atoms with Gasteiger partial charge in [-0.25, -0.2) is 12.7 Å². The van der Waals surface area contributed by atoms with E-state index in [0.717, 1.165) is 25.9 Å². The number of fused-ring (bicyclic) bond motifs is 1. The van der Waals surface area contributed by atoms with Crippen LogP contribution in [0, 0.1) is 5.92 Å². The molecule has 2 aliphatic heterocycles. The summed E-state index contributed by atoms with van der Waals surface area (Å²) in [4.78, 5) is 2.43. The molecule has 122 valence electrons. The molecule has 1 N–H and O–H groups in total. The number of rotatable bonds is 6. The van der Waals surface area contributed by atoms with Crippen LogP contribution >= 0.6 is 0 Å². The number of nitrogens with zero attached hydrogens (tertiary/aromatic N) is 2. The number of piperidine rings is 2. The third kappa shape index (κ3) is 3.97. The highest BCUT2D eigenvalue weighted by Crippen LogP contribution is 2.30. The first-order valence-electron chi connectivity index (χ1n) is 8.48. The highest BCUT2D eigenvalue weighted by atomic mass is 32.2. The molecule has 3 rings (SSSR count). The molecule has 0 aromatic rings. The third-order valence-corrected chi connectivity index (χ3v) is 7.21. The Hall–Kier alpha value is -0.170. The number of likely N-dealkylation sites (tertiary alicyclic amines) is 1. The van der Waals surface area contributed by atoms with Gasteiger partial charge in [-0.1, -0.05) is 0 Å². The van der Waals surface area contributed by atoms with Crippen molar-refractivity contribution in [2.75, 3.05) is 39.0 Å². The fraction of sp³-hybridized carbons (Fsp3) is 1.00. The Labute approximate surface area is 129 Å². The minimum atomic E-state index is -3.05. The smallest absolute Gasteiger partial charge is 0.214 e. The van der Waals surface area contributed by atoms with Crippen LogP contribution in [0.1, 0.15) is 38.5 Å². The van der Waals surface area contributed by atoms with Gasteiger partial charge in [-0.3, -0.25) is 0 Å². The largest absolute Gasteiger partial charge is 0.314 e. The summed E-state index contributed by atoms with van der Waals surface area (Å²) in [6.45, 7) is 3.46. The Kier molecular flexibility index (Phi) is 4.88. The quantitative estimate of drug-likeness (QED) is 0.739. The first-order chi connectivity index (χ1) is 10.1. The van der Waals surface area contributed by atoms with Gasteiger partial charge in [-0.05, 0) is 64.6 Å². The lowest BCUT2D eigenvalue weighted by Crippen LogP contribution is -2.54. The van der Waals surface area contributed by atoms with Crippen molar-refractivity contribution in [2.45, 2.75) is 50.6 Å². The van der Waals surface area contributed by atoms with E-state index in [0.29, 0.717) is 30.3 Å². The van der Waals surface area contributed by atoms with Crippen LogP contribution in [0.3, 0.4) is 0 Å². The summed E-state index contributed by atoms with van der Waals surface area (Å²) in [6, 6.07) is 1.27. The van der Waals surface area contributed by atoms with E-state index in [1.165, 1.54) is 32.2 Å². The Balaban J connectivity index is 1.48. The number of hydrogen-bond acceptors (Lipinski definition) is 4. The van der Waals surface area contributed by atoms with Gasteiger partial charge in [-0.2, -0.15) is 0 Å². The van der Waals surface area contributed by atoms with Crippen molar-refractivity contribution in [3.63, 3.8) is 0 Å². The second-order valence-electron chi connectivity index (χ2n) is 6.99. The highest BCUT2D eigenvalue weighted by Gasteiger charge is 2.37. The van der Waals surface area contributed by atoms with Crippen molar-refractivity contribution in [3.8, 4) is 0 Å². The molecule has 0 aromatic heterocycles. The van der Waals surface area contributed by atoms with E-state index in [2.05, 4.69) is 17.3 Å². The fourth-order valence-electron chi connectivity index (χ4n) is 3.85. The fourth-order valence-corrected chi connectivity index (χ4v) is 5.42. The van der Waals surface area contributed by atoms with Crippen LogP contribution in [0.5, 0.6) is 0 Å². The van der Waals surface area contributed by atoms with Crippen LogP contribution in [-0.2, 0) is 10.0 Å². The zero-order valence-electron chi connectivity index (χ0n) is 13.1. The van der Waals surface area contributed by atoms with Crippen LogP contribution in [0.2, 0.25) is 0 Å². The summed E-state index contributed by atoms with van der Waals surface area (Å²) in [5, 5.41) is 3.39.